The summed E-state index contributed by atoms with van der Waals surface area (Å²) in [4.78, 5) is 12.3. The van der Waals surface area contributed by atoms with Gasteiger partial charge in [0.15, 0.2) is 0 Å². The van der Waals surface area contributed by atoms with Crippen LogP contribution >= 0.6 is 0 Å². The second-order valence-corrected chi connectivity index (χ2v) is 5.98. The lowest BCUT2D eigenvalue weighted by Gasteiger charge is -2.10. The van der Waals surface area contributed by atoms with Crippen LogP contribution in [0.4, 0.5) is 17.1 Å². The highest BCUT2D eigenvalue weighted by atomic mass is 16.5. The Balaban J connectivity index is 1.62. The van der Waals surface area contributed by atoms with Crippen LogP contribution in [0.3, 0.4) is 0 Å². The number of benzene rings is 3. The van der Waals surface area contributed by atoms with E-state index >= 15 is 0 Å². The first-order valence-electron chi connectivity index (χ1n) is 8.62. The molecule has 4 nitrogen and oxygen atoms in total. The molecule has 0 aromatic heterocycles. The maximum Gasteiger partial charge on any atom is 0.255 e. The molecule has 3 aromatic carbocycles. The molecule has 0 saturated carbocycles. The zero-order valence-electron chi connectivity index (χ0n) is 15.0. The molecule has 0 spiro atoms. The van der Waals surface area contributed by atoms with Crippen molar-refractivity contribution in [3.8, 4) is 5.75 Å². The highest BCUT2D eigenvalue weighted by Gasteiger charge is 2.06. The Kier molecular flexibility index (Phi) is 5.54. The Morgan fingerprint density at radius 3 is 2.12 bits per heavy atom. The summed E-state index contributed by atoms with van der Waals surface area (Å²) in [6, 6.07) is 23.0. The third kappa shape index (κ3) is 4.63. The van der Waals surface area contributed by atoms with Crippen LogP contribution in [0.15, 0.2) is 72.8 Å². The molecule has 0 saturated heterocycles. The average Bonchev–Trinajstić information content (AvgIpc) is 2.65. The highest BCUT2D eigenvalue weighted by molar-refractivity contribution is 6.04. The molecule has 3 aromatic rings. The summed E-state index contributed by atoms with van der Waals surface area (Å²) in [5.74, 6) is 0.744. The first-order valence-corrected chi connectivity index (χ1v) is 8.62. The van der Waals surface area contributed by atoms with Gasteiger partial charge >= 0.3 is 0 Å². The van der Waals surface area contributed by atoms with Crippen LogP contribution in [0.2, 0.25) is 0 Å². The largest absolute Gasteiger partial charge is 0.494 e. The van der Waals surface area contributed by atoms with Crippen LogP contribution in [0.1, 0.15) is 22.8 Å². The number of aryl methyl sites for hydroxylation is 1. The molecule has 132 valence electrons. The third-order valence-corrected chi connectivity index (χ3v) is 3.88. The van der Waals surface area contributed by atoms with Crippen LogP contribution < -0.4 is 15.4 Å². The SMILES string of the molecule is CCOc1ccc(Nc2ccc(NC(=O)c3cccc(C)c3)cc2)cc1. The van der Waals surface area contributed by atoms with E-state index in [9.17, 15) is 4.79 Å². The second kappa shape index (κ2) is 8.21. The molecule has 26 heavy (non-hydrogen) atoms. The minimum atomic E-state index is -0.110. The monoisotopic (exact) mass is 346 g/mol. The van der Waals surface area contributed by atoms with Gasteiger partial charge in [0.05, 0.1) is 6.61 Å². The molecule has 0 fully saturated rings. The highest BCUT2D eigenvalue weighted by Crippen LogP contribution is 2.22. The van der Waals surface area contributed by atoms with Crippen molar-refractivity contribution < 1.29 is 9.53 Å². The van der Waals surface area contributed by atoms with Crippen LogP contribution in [-0.4, -0.2) is 12.5 Å². The maximum atomic E-state index is 12.3. The quantitative estimate of drug-likeness (QED) is 0.629. The van der Waals surface area contributed by atoms with Gasteiger partial charge in [-0.15, -0.1) is 0 Å². The zero-order chi connectivity index (χ0) is 18.4. The van der Waals surface area contributed by atoms with Gasteiger partial charge in [-0.1, -0.05) is 17.7 Å². The lowest BCUT2D eigenvalue weighted by Crippen LogP contribution is -2.11. The van der Waals surface area contributed by atoms with Gasteiger partial charge in [-0.25, -0.2) is 0 Å². The van der Waals surface area contributed by atoms with E-state index in [2.05, 4.69) is 10.6 Å². The Morgan fingerprint density at radius 2 is 1.50 bits per heavy atom. The van der Waals surface area contributed by atoms with E-state index in [4.69, 9.17) is 4.74 Å². The van der Waals surface area contributed by atoms with Crippen LogP contribution in [0.25, 0.3) is 0 Å². The molecular weight excluding hydrogens is 324 g/mol. The number of amides is 1. The minimum absolute atomic E-state index is 0.110. The maximum absolute atomic E-state index is 12.3. The van der Waals surface area contributed by atoms with Crippen molar-refractivity contribution in [1.82, 2.24) is 0 Å². The lowest BCUT2D eigenvalue weighted by molar-refractivity contribution is 0.102. The topological polar surface area (TPSA) is 50.4 Å². The van der Waals surface area contributed by atoms with Gasteiger partial charge in [0, 0.05) is 22.6 Å². The van der Waals surface area contributed by atoms with Crippen molar-refractivity contribution in [3.05, 3.63) is 83.9 Å². The van der Waals surface area contributed by atoms with Crippen molar-refractivity contribution in [2.75, 3.05) is 17.2 Å². The summed E-state index contributed by atoms with van der Waals surface area (Å²) in [5, 5.41) is 6.24. The molecule has 0 atom stereocenters. The number of ether oxygens (including phenoxy) is 1. The molecule has 0 aliphatic rings. The number of carbonyl (C=O) groups excluding carboxylic acids is 1. The van der Waals surface area contributed by atoms with E-state index in [0.717, 1.165) is 28.4 Å². The van der Waals surface area contributed by atoms with Gasteiger partial charge in [0.25, 0.3) is 5.91 Å². The Hall–Kier alpha value is -3.27. The predicted molar refractivity (Wildman–Crippen MR) is 106 cm³/mol. The normalized spacial score (nSPS) is 10.2. The second-order valence-electron chi connectivity index (χ2n) is 5.98. The van der Waals surface area contributed by atoms with Gasteiger partial charge in [0.1, 0.15) is 5.75 Å². The van der Waals surface area contributed by atoms with Crippen molar-refractivity contribution in [1.29, 1.82) is 0 Å². The predicted octanol–water partition coefficient (Wildman–Crippen LogP) is 5.39. The summed E-state index contributed by atoms with van der Waals surface area (Å²) in [6.45, 7) is 4.59. The van der Waals surface area contributed by atoms with Gasteiger partial charge in [0.2, 0.25) is 0 Å². The number of rotatable bonds is 6. The number of carbonyl (C=O) groups is 1. The fourth-order valence-corrected chi connectivity index (χ4v) is 2.59. The summed E-state index contributed by atoms with van der Waals surface area (Å²) in [6.07, 6.45) is 0. The standard InChI is InChI=1S/C22H22N2O2/c1-3-26-21-13-11-19(12-14-21)23-18-7-9-20(10-8-18)24-22(25)17-6-4-5-16(2)15-17/h4-15,23H,3H2,1-2H3,(H,24,25). The molecular formula is C22H22N2O2. The Bertz CT molecular complexity index is 871. The summed E-state index contributed by atoms with van der Waals surface area (Å²) >= 11 is 0. The van der Waals surface area contributed by atoms with Crippen molar-refractivity contribution >= 4 is 23.0 Å². The van der Waals surface area contributed by atoms with Crippen molar-refractivity contribution in [2.45, 2.75) is 13.8 Å². The van der Waals surface area contributed by atoms with E-state index < -0.39 is 0 Å². The molecule has 0 bridgehead atoms. The average molecular weight is 346 g/mol. The van der Waals surface area contributed by atoms with E-state index in [1.807, 2.05) is 86.6 Å². The van der Waals surface area contributed by atoms with Gasteiger partial charge in [-0.05, 0) is 74.5 Å². The third-order valence-electron chi connectivity index (χ3n) is 3.88. The van der Waals surface area contributed by atoms with Crippen molar-refractivity contribution in [2.24, 2.45) is 0 Å². The van der Waals surface area contributed by atoms with Gasteiger partial charge < -0.3 is 15.4 Å². The fourth-order valence-electron chi connectivity index (χ4n) is 2.59. The van der Waals surface area contributed by atoms with Gasteiger partial charge in [-0.2, -0.15) is 0 Å². The van der Waals surface area contributed by atoms with E-state index in [1.165, 1.54) is 0 Å². The van der Waals surface area contributed by atoms with Crippen LogP contribution in [0, 0.1) is 6.92 Å². The number of hydrogen-bond acceptors (Lipinski definition) is 3. The molecule has 3 rings (SSSR count). The first-order chi connectivity index (χ1) is 12.6. The molecule has 4 heteroatoms. The molecule has 0 heterocycles. The van der Waals surface area contributed by atoms with E-state index in [-0.39, 0.29) is 5.91 Å². The fraction of sp³-hybridized carbons (Fsp3) is 0.136. The van der Waals surface area contributed by atoms with Gasteiger partial charge in [-0.3, -0.25) is 4.79 Å². The molecule has 0 unspecified atom stereocenters. The minimum Gasteiger partial charge on any atom is -0.494 e. The molecule has 2 N–H and O–H groups in total. The summed E-state index contributed by atoms with van der Waals surface area (Å²) in [5.41, 5.74) is 4.40. The Labute approximate surface area is 153 Å². The first kappa shape index (κ1) is 17.5. The van der Waals surface area contributed by atoms with Crippen molar-refractivity contribution in [3.63, 3.8) is 0 Å². The summed E-state index contributed by atoms with van der Waals surface area (Å²) in [7, 11) is 0. The smallest absolute Gasteiger partial charge is 0.255 e. The number of hydrogen-bond donors (Lipinski definition) is 2. The number of nitrogens with one attached hydrogen (secondary N) is 2. The lowest BCUT2D eigenvalue weighted by atomic mass is 10.1. The van der Waals surface area contributed by atoms with E-state index in [1.54, 1.807) is 0 Å². The molecule has 0 aliphatic carbocycles. The molecule has 1 amide bonds. The molecule has 0 radical (unpaired) electrons. The van der Waals surface area contributed by atoms with Crippen LogP contribution in [-0.2, 0) is 0 Å². The molecule has 0 aliphatic heterocycles. The van der Waals surface area contributed by atoms with Crippen LogP contribution in [0.5, 0.6) is 5.75 Å². The summed E-state index contributed by atoms with van der Waals surface area (Å²) < 4.78 is 5.44. The Morgan fingerprint density at radius 1 is 0.885 bits per heavy atom. The van der Waals surface area contributed by atoms with E-state index in [0.29, 0.717) is 12.2 Å². The number of anilines is 3. The zero-order valence-corrected chi connectivity index (χ0v) is 15.0.